The molecule has 0 atom stereocenters. The van der Waals surface area contributed by atoms with E-state index in [1.807, 2.05) is 24.3 Å². The summed E-state index contributed by atoms with van der Waals surface area (Å²) >= 11 is 0. The standard InChI is InChI=1S/2C52H30O2/c1-2-12-31(13-3-1)48-38-22-10-18-34(36-20-8-14-32-26-28-46-51(49(32)36)40-16-4-6-24-44(40)53-46)42(38)30-43-35(19-11-23-39(43)48)37-21-9-15-33-27-29-47-52(50(33)37)41-17-5-7-25-45(41)54-47;1-2-12-31(13-3-1)50-40-22-10-18-34(32-16-8-20-38-36(32)26-28-48-51(38)42-14-4-6-24-46(42)53-48)44(40)30-45-35(19-11-23-41(45)50)33-17-9-21-39-37(33)27-29-49-52(39)43-15-5-7-25-47(43)54-49/h2*1-30H. The van der Waals surface area contributed by atoms with Crippen molar-refractivity contribution in [1.29, 1.82) is 0 Å². The molecule has 0 amide bonds. The maximum atomic E-state index is 6.42. The van der Waals surface area contributed by atoms with E-state index >= 15 is 0 Å². The predicted molar refractivity (Wildman–Crippen MR) is 455 cm³/mol. The van der Waals surface area contributed by atoms with Crippen molar-refractivity contribution in [2.24, 2.45) is 0 Å². The zero-order valence-corrected chi connectivity index (χ0v) is 58.3. The fraction of sp³-hybridized carbons (Fsp3) is 0. The third-order valence-electron chi connectivity index (χ3n) is 22.9. The van der Waals surface area contributed by atoms with E-state index in [1.54, 1.807) is 0 Å². The molecule has 4 heteroatoms. The van der Waals surface area contributed by atoms with Crippen LogP contribution in [0.25, 0.3) is 241 Å². The number of hydrogen-bond acceptors (Lipinski definition) is 4. The first-order chi connectivity index (χ1) is 53.6. The minimum Gasteiger partial charge on any atom is -0.456 e. The molecule has 20 aromatic carbocycles. The molecular formula is C104H60O4. The monoisotopic (exact) mass is 1370 g/mol. The zero-order chi connectivity index (χ0) is 70.7. The van der Waals surface area contributed by atoms with Gasteiger partial charge in [0.1, 0.15) is 44.7 Å². The van der Waals surface area contributed by atoms with Gasteiger partial charge < -0.3 is 17.7 Å². The van der Waals surface area contributed by atoms with Gasteiger partial charge in [-0.1, -0.05) is 303 Å². The molecule has 4 heterocycles. The fourth-order valence-corrected chi connectivity index (χ4v) is 18.4. The van der Waals surface area contributed by atoms with Crippen LogP contribution in [0.4, 0.5) is 0 Å². The van der Waals surface area contributed by atoms with Gasteiger partial charge in [0.05, 0.1) is 0 Å². The summed E-state index contributed by atoms with van der Waals surface area (Å²) in [5.41, 5.74) is 21.8. The van der Waals surface area contributed by atoms with E-state index in [4.69, 9.17) is 17.7 Å². The highest BCUT2D eigenvalue weighted by Crippen LogP contribution is 2.51. The van der Waals surface area contributed by atoms with E-state index in [1.165, 1.54) is 164 Å². The van der Waals surface area contributed by atoms with E-state index in [0.29, 0.717) is 0 Å². The highest BCUT2D eigenvalue weighted by Gasteiger charge is 2.24. The van der Waals surface area contributed by atoms with Crippen molar-refractivity contribution in [2.75, 3.05) is 0 Å². The van der Waals surface area contributed by atoms with Crippen LogP contribution in [0.15, 0.2) is 382 Å². The minimum atomic E-state index is 0.906. The van der Waals surface area contributed by atoms with Gasteiger partial charge >= 0.3 is 0 Å². The summed E-state index contributed by atoms with van der Waals surface area (Å²) in [7, 11) is 0. The van der Waals surface area contributed by atoms with Crippen LogP contribution >= 0.6 is 0 Å². The molecule has 0 saturated heterocycles. The smallest absolute Gasteiger partial charge is 0.136 e. The topological polar surface area (TPSA) is 52.6 Å². The molecule has 0 aliphatic carbocycles. The second kappa shape index (κ2) is 23.6. The normalized spacial score (nSPS) is 12.1. The molecule has 0 aliphatic heterocycles. The van der Waals surface area contributed by atoms with Gasteiger partial charge in [-0.25, -0.2) is 0 Å². The number of benzene rings is 20. The lowest BCUT2D eigenvalue weighted by Crippen LogP contribution is -1.92. The lowest BCUT2D eigenvalue weighted by atomic mass is 9.84. The SMILES string of the molecule is c1ccc(-c2c3cccc(-c4cccc5c4ccc4oc6ccccc6c45)c3cc3c(-c4cccc5c4ccc4oc6ccccc6c45)cccc23)cc1.c1ccc(-c2c3cccc(-c4cccc5ccc6oc7ccccc7c6c45)c3cc3c(-c4cccc5ccc6oc7ccccc7c6c45)cccc23)cc1. The molecule has 0 N–H and O–H groups in total. The van der Waals surface area contributed by atoms with Crippen molar-refractivity contribution in [3.63, 3.8) is 0 Å². The molecule has 0 saturated carbocycles. The van der Waals surface area contributed by atoms with Crippen LogP contribution in [0.1, 0.15) is 0 Å². The predicted octanol–water partition coefficient (Wildman–Crippen LogP) is 30.2. The Balaban J connectivity index is 0.000000130. The van der Waals surface area contributed by atoms with Crippen molar-refractivity contribution < 1.29 is 17.7 Å². The van der Waals surface area contributed by atoms with Crippen LogP contribution in [0.5, 0.6) is 0 Å². The number of para-hydroxylation sites is 4. The molecule has 0 bridgehead atoms. The Morgan fingerprint density at radius 2 is 0.389 bits per heavy atom. The summed E-state index contributed by atoms with van der Waals surface area (Å²) in [4.78, 5) is 0. The highest BCUT2D eigenvalue weighted by atomic mass is 16.3. The van der Waals surface area contributed by atoms with Crippen molar-refractivity contribution in [2.45, 2.75) is 0 Å². The molecule has 0 fully saturated rings. The van der Waals surface area contributed by atoms with E-state index in [9.17, 15) is 0 Å². The Morgan fingerprint density at radius 1 is 0.130 bits per heavy atom. The summed E-state index contributed by atoms with van der Waals surface area (Å²) in [6.07, 6.45) is 0. The molecule has 108 heavy (non-hydrogen) atoms. The Kier molecular flexibility index (Phi) is 13.1. The van der Waals surface area contributed by atoms with Crippen LogP contribution in [0, 0.1) is 0 Å². The maximum Gasteiger partial charge on any atom is 0.136 e. The summed E-state index contributed by atoms with van der Waals surface area (Å²) in [6, 6.07) is 131. The number of hydrogen-bond donors (Lipinski definition) is 0. The average Bonchev–Trinajstić information content (AvgIpc) is 1.61. The quantitative estimate of drug-likeness (QED) is 0.156. The molecule has 24 aromatic rings. The van der Waals surface area contributed by atoms with Crippen LogP contribution in [0.3, 0.4) is 0 Å². The molecule has 24 rings (SSSR count). The third-order valence-corrected chi connectivity index (χ3v) is 22.9. The van der Waals surface area contributed by atoms with Gasteiger partial charge in [-0.15, -0.1) is 0 Å². The molecule has 0 aliphatic rings. The number of rotatable bonds is 6. The summed E-state index contributed by atoms with van der Waals surface area (Å²) in [5, 5.41) is 28.7. The lowest BCUT2D eigenvalue weighted by Gasteiger charge is -2.19. The second-order valence-electron chi connectivity index (χ2n) is 28.6. The van der Waals surface area contributed by atoms with Crippen LogP contribution < -0.4 is 0 Å². The fourth-order valence-electron chi connectivity index (χ4n) is 18.4. The average molecular weight is 1370 g/mol. The van der Waals surface area contributed by atoms with Crippen molar-refractivity contribution in [3.05, 3.63) is 364 Å². The molecule has 4 nitrogen and oxygen atoms in total. The third kappa shape index (κ3) is 8.98. The molecular weight excluding hydrogens is 1310 g/mol. The minimum absolute atomic E-state index is 0.906. The maximum absolute atomic E-state index is 6.42. The van der Waals surface area contributed by atoms with Gasteiger partial charge in [0, 0.05) is 53.9 Å². The molecule has 0 unspecified atom stereocenters. The highest BCUT2D eigenvalue weighted by molar-refractivity contribution is 6.30. The van der Waals surface area contributed by atoms with Gasteiger partial charge in [-0.05, 0) is 203 Å². The van der Waals surface area contributed by atoms with Crippen LogP contribution in [-0.2, 0) is 0 Å². The van der Waals surface area contributed by atoms with Gasteiger partial charge in [0.25, 0.3) is 0 Å². The first-order valence-electron chi connectivity index (χ1n) is 37.0. The summed E-state index contributed by atoms with van der Waals surface area (Å²) < 4.78 is 25.5. The Bertz CT molecular complexity index is 7500. The largest absolute Gasteiger partial charge is 0.456 e. The second-order valence-corrected chi connectivity index (χ2v) is 28.6. The number of fused-ring (bicyclic) bond motifs is 24. The molecule has 500 valence electrons. The zero-order valence-electron chi connectivity index (χ0n) is 58.3. The summed E-state index contributed by atoms with van der Waals surface area (Å²) in [5.74, 6) is 0. The Labute approximate surface area is 618 Å². The van der Waals surface area contributed by atoms with Crippen LogP contribution in [0.2, 0.25) is 0 Å². The van der Waals surface area contributed by atoms with Gasteiger partial charge in [0.2, 0.25) is 0 Å². The van der Waals surface area contributed by atoms with Gasteiger partial charge in [0.15, 0.2) is 0 Å². The molecule has 4 aromatic heterocycles. The summed E-state index contributed by atoms with van der Waals surface area (Å²) in [6.45, 7) is 0. The Hall–Kier alpha value is -14.3. The Morgan fingerprint density at radius 3 is 0.750 bits per heavy atom. The van der Waals surface area contributed by atoms with E-state index in [2.05, 4.69) is 340 Å². The van der Waals surface area contributed by atoms with E-state index < -0.39 is 0 Å². The van der Waals surface area contributed by atoms with Crippen LogP contribution in [-0.4, -0.2) is 0 Å². The number of furan rings is 4. The molecule has 0 spiro atoms. The van der Waals surface area contributed by atoms with Crippen molar-refractivity contribution in [1.82, 2.24) is 0 Å². The van der Waals surface area contributed by atoms with Gasteiger partial charge in [-0.2, -0.15) is 0 Å². The first-order valence-corrected chi connectivity index (χ1v) is 37.0. The van der Waals surface area contributed by atoms with Crippen molar-refractivity contribution >= 4 is 174 Å². The van der Waals surface area contributed by atoms with E-state index in [-0.39, 0.29) is 0 Å². The lowest BCUT2D eigenvalue weighted by molar-refractivity contribution is 0.669. The van der Waals surface area contributed by atoms with Crippen molar-refractivity contribution in [3.8, 4) is 66.8 Å². The first kappa shape index (κ1) is 60.1. The molecule has 0 radical (unpaired) electrons. The van der Waals surface area contributed by atoms with E-state index in [0.717, 1.165) is 77.0 Å². The van der Waals surface area contributed by atoms with Gasteiger partial charge in [-0.3, -0.25) is 0 Å².